The Balaban J connectivity index is 1.80. The normalized spacial score (nSPS) is 21.2. The lowest BCUT2D eigenvalue weighted by atomic mass is 10.2. The summed E-state index contributed by atoms with van der Waals surface area (Å²) < 4.78 is 5.70. The van der Waals surface area contributed by atoms with Crippen molar-refractivity contribution < 1.29 is 19.1 Å². The van der Waals surface area contributed by atoms with E-state index in [9.17, 15) is 9.59 Å². The highest BCUT2D eigenvalue weighted by Crippen LogP contribution is 2.47. The summed E-state index contributed by atoms with van der Waals surface area (Å²) in [5.41, 5.74) is 0. The Morgan fingerprint density at radius 1 is 1.47 bits per heavy atom. The van der Waals surface area contributed by atoms with Gasteiger partial charge in [0.15, 0.2) is 0 Å². The number of hydrogen-bond donors (Lipinski definition) is 1. The van der Waals surface area contributed by atoms with Crippen molar-refractivity contribution in [1.29, 1.82) is 0 Å². The summed E-state index contributed by atoms with van der Waals surface area (Å²) in [5, 5.41) is 8.60. The molecule has 1 aromatic rings. The second-order valence-corrected chi connectivity index (χ2v) is 5.27. The van der Waals surface area contributed by atoms with Crippen molar-refractivity contribution in [1.82, 2.24) is 4.90 Å². The van der Waals surface area contributed by atoms with Gasteiger partial charge in [0, 0.05) is 25.8 Å². The Bertz CT molecular complexity index is 480. The van der Waals surface area contributed by atoms with Crippen LogP contribution in [0.3, 0.4) is 0 Å². The van der Waals surface area contributed by atoms with Gasteiger partial charge in [-0.1, -0.05) is 6.92 Å². The van der Waals surface area contributed by atoms with E-state index >= 15 is 0 Å². The van der Waals surface area contributed by atoms with Gasteiger partial charge in [-0.05, 0) is 24.5 Å². The third-order valence-corrected chi connectivity index (χ3v) is 3.54. The van der Waals surface area contributed by atoms with E-state index in [1.54, 1.807) is 0 Å². The summed E-state index contributed by atoms with van der Waals surface area (Å²) >= 11 is 0. The van der Waals surface area contributed by atoms with Crippen LogP contribution in [0.1, 0.15) is 37.2 Å². The van der Waals surface area contributed by atoms with Crippen LogP contribution in [0.5, 0.6) is 0 Å². The predicted octanol–water partition coefficient (Wildman–Crippen LogP) is 1.88. The Morgan fingerprint density at radius 2 is 2.16 bits per heavy atom. The molecule has 1 aromatic heterocycles. The van der Waals surface area contributed by atoms with Gasteiger partial charge in [0.05, 0.1) is 0 Å². The van der Waals surface area contributed by atoms with Crippen molar-refractivity contribution in [3.05, 3.63) is 23.7 Å². The van der Waals surface area contributed by atoms with Crippen LogP contribution in [0.15, 0.2) is 16.5 Å². The zero-order chi connectivity index (χ0) is 14.0. The average molecular weight is 265 g/mol. The number of carboxylic acids is 1. The molecule has 0 radical (unpaired) electrons. The first-order valence-electron chi connectivity index (χ1n) is 6.51. The number of nitrogens with zero attached hydrogens (tertiary/aromatic N) is 1. The molecule has 1 fully saturated rings. The number of aliphatic carboxylic acids is 1. The molecule has 2 unspecified atom stereocenters. The molecule has 0 bridgehead atoms. The van der Waals surface area contributed by atoms with Gasteiger partial charge >= 0.3 is 5.97 Å². The molecule has 1 saturated carbocycles. The summed E-state index contributed by atoms with van der Waals surface area (Å²) in [6.45, 7) is 1.93. The van der Waals surface area contributed by atoms with Crippen molar-refractivity contribution in [2.45, 2.75) is 32.1 Å². The SMILES string of the molecule is CC1CC1c1ccc(CCC(=O)N(C)CC(=O)O)o1. The lowest BCUT2D eigenvalue weighted by Gasteiger charge is -2.13. The third kappa shape index (κ3) is 3.59. The molecular weight excluding hydrogens is 246 g/mol. The van der Waals surface area contributed by atoms with E-state index in [0.717, 1.165) is 11.5 Å². The number of carbonyl (C=O) groups is 2. The molecule has 5 heteroatoms. The lowest BCUT2D eigenvalue weighted by molar-refractivity contribution is -0.143. The second kappa shape index (κ2) is 5.47. The largest absolute Gasteiger partial charge is 0.480 e. The van der Waals surface area contributed by atoms with E-state index in [2.05, 4.69) is 6.92 Å². The fraction of sp³-hybridized carbons (Fsp3) is 0.571. The number of carbonyl (C=O) groups excluding carboxylic acids is 1. The summed E-state index contributed by atoms with van der Waals surface area (Å²) in [7, 11) is 1.50. The van der Waals surface area contributed by atoms with E-state index in [1.807, 2.05) is 12.1 Å². The molecule has 5 nitrogen and oxygen atoms in total. The van der Waals surface area contributed by atoms with Crippen molar-refractivity contribution in [2.24, 2.45) is 5.92 Å². The van der Waals surface area contributed by atoms with Crippen molar-refractivity contribution in [3.63, 3.8) is 0 Å². The molecule has 1 heterocycles. The fourth-order valence-electron chi connectivity index (χ4n) is 2.16. The average Bonchev–Trinajstić information content (AvgIpc) is 2.89. The molecule has 1 amide bonds. The molecule has 2 atom stereocenters. The summed E-state index contributed by atoms with van der Waals surface area (Å²) in [6, 6.07) is 3.89. The maximum Gasteiger partial charge on any atom is 0.323 e. The number of hydrogen-bond acceptors (Lipinski definition) is 3. The van der Waals surface area contributed by atoms with Crippen LogP contribution in [0, 0.1) is 5.92 Å². The van der Waals surface area contributed by atoms with Crippen LogP contribution in [-0.4, -0.2) is 35.5 Å². The van der Waals surface area contributed by atoms with Gasteiger partial charge < -0.3 is 14.4 Å². The second-order valence-electron chi connectivity index (χ2n) is 5.27. The van der Waals surface area contributed by atoms with E-state index in [0.29, 0.717) is 18.3 Å². The maximum atomic E-state index is 11.7. The Labute approximate surface area is 112 Å². The van der Waals surface area contributed by atoms with E-state index in [-0.39, 0.29) is 18.9 Å². The smallest absolute Gasteiger partial charge is 0.323 e. The standard InChI is InChI=1S/C14H19NO4/c1-9-7-11(9)12-5-3-10(19-12)4-6-13(16)15(2)8-14(17)18/h3,5,9,11H,4,6-8H2,1-2H3,(H,17,18). The minimum absolute atomic E-state index is 0.180. The maximum absolute atomic E-state index is 11.7. The first kappa shape index (κ1) is 13.6. The van der Waals surface area contributed by atoms with Gasteiger partial charge in [-0.2, -0.15) is 0 Å². The topological polar surface area (TPSA) is 70.8 Å². The Kier molecular flexibility index (Phi) is 3.93. The molecule has 0 saturated heterocycles. The van der Waals surface area contributed by atoms with Gasteiger partial charge in [0.2, 0.25) is 5.91 Å². The van der Waals surface area contributed by atoms with E-state index in [4.69, 9.17) is 9.52 Å². The molecule has 1 aliphatic rings. The van der Waals surface area contributed by atoms with Crippen LogP contribution in [0.2, 0.25) is 0 Å². The molecule has 1 aliphatic carbocycles. The van der Waals surface area contributed by atoms with Crippen LogP contribution in [0.4, 0.5) is 0 Å². The first-order valence-corrected chi connectivity index (χ1v) is 6.51. The predicted molar refractivity (Wildman–Crippen MR) is 68.8 cm³/mol. The molecule has 0 aliphatic heterocycles. The highest BCUT2D eigenvalue weighted by atomic mass is 16.4. The third-order valence-electron chi connectivity index (χ3n) is 3.54. The summed E-state index contributed by atoms with van der Waals surface area (Å²) in [5.74, 6) is 1.86. The van der Waals surface area contributed by atoms with Gasteiger partial charge in [0.1, 0.15) is 18.1 Å². The summed E-state index contributed by atoms with van der Waals surface area (Å²) in [6.07, 6.45) is 1.97. The molecule has 0 aromatic carbocycles. The Hall–Kier alpha value is -1.78. The highest BCUT2D eigenvalue weighted by molar-refractivity contribution is 5.81. The zero-order valence-corrected chi connectivity index (χ0v) is 11.3. The Morgan fingerprint density at radius 3 is 2.74 bits per heavy atom. The number of rotatable bonds is 6. The van der Waals surface area contributed by atoms with Crippen molar-refractivity contribution >= 4 is 11.9 Å². The minimum atomic E-state index is -1.00. The van der Waals surface area contributed by atoms with Crippen LogP contribution >= 0.6 is 0 Å². The number of likely N-dealkylation sites (N-methyl/N-ethyl adjacent to an activating group) is 1. The van der Waals surface area contributed by atoms with Gasteiger partial charge in [-0.15, -0.1) is 0 Å². The number of furan rings is 1. The lowest BCUT2D eigenvalue weighted by Crippen LogP contribution is -2.32. The quantitative estimate of drug-likeness (QED) is 0.852. The van der Waals surface area contributed by atoms with Crippen LogP contribution in [-0.2, 0) is 16.0 Å². The number of aryl methyl sites for hydroxylation is 1. The molecule has 1 N–H and O–H groups in total. The molecule has 2 rings (SSSR count). The number of carboxylic acid groups (broad SMARTS) is 1. The fourth-order valence-corrected chi connectivity index (χ4v) is 2.16. The van der Waals surface area contributed by atoms with E-state index < -0.39 is 5.97 Å². The van der Waals surface area contributed by atoms with Crippen molar-refractivity contribution in [3.8, 4) is 0 Å². The molecule has 0 spiro atoms. The molecule has 19 heavy (non-hydrogen) atoms. The molecule has 104 valence electrons. The van der Waals surface area contributed by atoms with Gasteiger partial charge in [-0.25, -0.2) is 0 Å². The van der Waals surface area contributed by atoms with Crippen molar-refractivity contribution in [2.75, 3.05) is 13.6 Å². The number of amides is 1. The van der Waals surface area contributed by atoms with Gasteiger partial charge in [-0.3, -0.25) is 9.59 Å². The zero-order valence-electron chi connectivity index (χ0n) is 11.3. The monoisotopic (exact) mass is 265 g/mol. The highest BCUT2D eigenvalue weighted by Gasteiger charge is 2.36. The molecular formula is C14H19NO4. The van der Waals surface area contributed by atoms with Gasteiger partial charge in [0.25, 0.3) is 0 Å². The summed E-state index contributed by atoms with van der Waals surface area (Å²) in [4.78, 5) is 23.4. The van der Waals surface area contributed by atoms with E-state index in [1.165, 1.54) is 18.4 Å². The first-order chi connectivity index (χ1) is 8.97. The van der Waals surface area contributed by atoms with Crippen LogP contribution < -0.4 is 0 Å². The van der Waals surface area contributed by atoms with Crippen LogP contribution in [0.25, 0.3) is 0 Å². The minimum Gasteiger partial charge on any atom is -0.480 e.